The highest BCUT2D eigenvalue weighted by atomic mass is 35.5. The zero-order valence-corrected chi connectivity index (χ0v) is 17.9. The number of halogens is 1. The maximum atomic E-state index is 6.50. The minimum absolute atomic E-state index is 0.256. The molecule has 0 unspecified atom stereocenters. The van der Waals surface area contributed by atoms with Crippen molar-refractivity contribution in [3.05, 3.63) is 34.9 Å². The summed E-state index contributed by atoms with van der Waals surface area (Å²) in [6.07, 6.45) is 0.321. The van der Waals surface area contributed by atoms with E-state index in [0.717, 1.165) is 23.0 Å². The first-order valence-electron chi connectivity index (χ1n) is 10.0. The number of methoxy groups -OCH3 is 1. The van der Waals surface area contributed by atoms with Gasteiger partial charge in [-0.3, -0.25) is 9.88 Å². The molecule has 5 rings (SSSR count). The number of benzene rings is 2. The fourth-order valence-electron chi connectivity index (χ4n) is 3.85. The number of imidazole rings is 1. The van der Waals surface area contributed by atoms with Gasteiger partial charge in [0.05, 0.1) is 43.0 Å². The highest BCUT2D eigenvalue weighted by Crippen LogP contribution is 2.42. The number of guanidine groups is 1. The summed E-state index contributed by atoms with van der Waals surface area (Å²) < 4.78 is 24.8. The lowest BCUT2D eigenvalue weighted by atomic mass is 10.1. The van der Waals surface area contributed by atoms with Crippen molar-refractivity contribution in [3.63, 3.8) is 0 Å². The second-order valence-corrected chi connectivity index (χ2v) is 7.53. The third kappa shape index (κ3) is 3.34. The number of aromatic nitrogens is 2. The van der Waals surface area contributed by atoms with Gasteiger partial charge in [0, 0.05) is 24.1 Å². The average Bonchev–Trinajstić information content (AvgIpc) is 2.93. The van der Waals surface area contributed by atoms with Crippen LogP contribution in [-0.4, -0.2) is 42.4 Å². The number of nitrogens with two attached hydrogens (primary N) is 1. The molecule has 10 heteroatoms. The number of anilines is 1. The van der Waals surface area contributed by atoms with Crippen LogP contribution in [0.5, 0.6) is 23.0 Å². The number of nitrogens with zero attached hydrogens (tertiary/aromatic N) is 3. The summed E-state index contributed by atoms with van der Waals surface area (Å²) in [6.45, 7) is 3.57. The van der Waals surface area contributed by atoms with Crippen LogP contribution in [0.15, 0.2) is 29.3 Å². The van der Waals surface area contributed by atoms with E-state index in [4.69, 9.17) is 41.3 Å². The smallest absolute Gasteiger partial charge is 0.212 e. The summed E-state index contributed by atoms with van der Waals surface area (Å²) >= 11 is 6.50. The van der Waals surface area contributed by atoms with Crippen LogP contribution in [0.4, 0.5) is 5.95 Å². The van der Waals surface area contributed by atoms with Gasteiger partial charge in [-0.1, -0.05) is 11.6 Å². The number of hydrogen-bond acceptors (Lipinski definition) is 8. The molecule has 0 amide bonds. The van der Waals surface area contributed by atoms with Crippen molar-refractivity contribution in [2.45, 2.75) is 19.5 Å². The molecule has 2 aliphatic heterocycles. The summed E-state index contributed by atoms with van der Waals surface area (Å²) in [4.78, 5) is 9.32. The second kappa shape index (κ2) is 7.73. The largest absolute Gasteiger partial charge is 0.491 e. The SMILES string of the molecule is CCOc1cc([C@@H]2N=C(N)Nc3nc4cc5c(cc4n32)OCCCO5)cc(Cl)c1OC. The summed E-state index contributed by atoms with van der Waals surface area (Å²) in [5.74, 6) is 3.19. The van der Waals surface area contributed by atoms with E-state index in [1.807, 2.05) is 29.7 Å². The molecule has 0 bridgehead atoms. The molecule has 0 spiro atoms. The summed E-state index contributed by atoms with van der Waals surface area (Å²) in [5, 5.41) is 3.46. The lowest BCUT2D eigenvalue weighted by molar-refractivity contribution is 0.297. The van der Waals surface area contributed by atoms with Crippen molar-refractivity contribution >= 4 is 34.5 Å². The van der Waals surface area contributed by atoms with Gasteiger partial charge >= 0.3 is 0 Å². The van der Waals surface area contributed by atoms with E-state index in [-0.39, 0.29) is 5.96 Å². The molecule has 3 heterocycles. The molecular formula is C21H22ClN5O4. The summed E-state index contributed by atoms with van der Waals surface area (Å²) in [7, 11) is 1.55. The van der Waals surface area contributed by atoms with Crippen LogP contribution in [0.25, 0.3) is 11.0 Å². The minimum Gasteiger partial charge on any atom is -0.491 e. The Morgan fingerprint density at radius 1 is 1.23 bits per heavy atom. The lowest BCUT2D eigenvalue weighted by Gasteiger charge is -2.25. The van der Waals surface area contributed by atoms with Crippen LogP contribution < -0.4 is 30.0 Å². The van der Waals surface area contributed by atoms with Crippen LogP contribution in [-0.2, 0) is 0 Å². The molecular weight excluding hydrogens is 422 g/mol. The molecule has 3 N–H and O–H groups in total. The van der Waals surface area contributed by atoms with Crippen LogP contribution in [0.1, 0.15) is 25.1 Å². The van der Waals surface area contributed by atoms with Gasteiger partial charge in [-0.2, -0.15) is 0 Å². The van der Waals surface area contributed by atoms with E-state index in [1.165, 1.54) is 0 Å². The molecule has 162 valence electrons. The normalized spacial score (nSPS) is 17.4. The fraction of sp³-hybridized carbons (Fsp3) is 0.333. The van der Waals surface area contributed by atoms with E-state index < -0.39 is 6.17 Å². The van der Waals surface area contributed by atoms with Gasteiger partial charge in [-0.05, 0) is 19.1 Å². The Bertz CT molecular complexity index is 1190. The van der Waals surface area contributed by atoms with Gasteiger partial charge in [-0.25, -0.2) is 9.98 Å². The first-order valence-corrected chi connectivity index (χ1v) is 10.4. The van der Waals surface area contributed by atoms with Crippen molar-refractivity contribution in [1.82, 2.24) is 9.55 Å². The lowest BCUT2D eigenvalue weighted by Crippen LogP contribution is -2.31. The molecule has 3 aromatic rings. The standard InChI is InChI=1S/C21H22ClN5O4/c1-3-29-17-8-11(7-12(22)18(17)28-2)19-25-20(23)26-21-24-13-9-15-16(10-14(13)27(19)21)31-6-4-5-30-15/h7-10,19H,3-6H2,1-2H3,(H3,23,24,25,26)/t19-/m1/s1. The topological polar surface area (TPSA) is 105 Å². The molecule has 0 aliphatic carbocycles. The third-order valence-corrected chi connectivity index (χ3v) is 5.42. The Labute approximate surface area is 183 Å². The van der Waals surface area contributed by atoms with Gasteiger partial charge in [0.15, 0.2) is 35.1 Å². The first-order chi connectivity index (χ1) is 15.1. The molecule has 31 heavy (non-hydrogen) atoms. The molecule has 2 aromatic carbocycles. The van der Waals surface area contributed by atoms with Crippen LogP contribution >= 0.6 is 11.6 Å². The van der Waals surface area contributed by atoms with E-state index in [0.29, 0.717) is 53.8 Å². The molecule has 1 aromatic heterocycles. The number of hydrogen-bond donors (Lipinski definition) is 2. The third-order valence-electron chi connectivity index (χ3n) is 5.14. The van der Waals surface area contributed by atoms with Gasteiger partial charge < -0.3 is 24.7 Å². The zero-order valence-electron chi connectivity index (χ0n) is 17.1. The van der Waals surface area contributed by atoms with Crippen molar-refractivity contribution in [1.29, 1.82) is 0 Å². The predicted octanol–water partition coefficient (Wildman–Crippen LogP) is 3.55. The van der Waals surface area contributed by atoms with Gasteiger partial charge in [0.1, 0.15) is 0 Å². The second-order valence-electron chi connectivity index (χ2n) is 7.12. The van der Waals surface area contributed by atoms with Gasteiger partial charge in [-0.15, -0.1) is 0 Å². The van der Waals surface area contributed by atoms with Crippen molar-refractivity contribution in [2.24, 2.45) is 10.7 Å². The molecule has 1 atom stereocenters. The number of aliphatic imine (C=N–C) groups is 1. The molecule has 0 fully saturated rings. The van der Waals surface area contributed by atoms with E-state index in [1.54, 1.807) is 13.2 Å². The van der Waals surface area contributed by atoms with Crippen LogP contribution in [0.3, 0.4) is 0 Å². The Morgan fingerprint density at radius 2 is 2.00 bits per heavy atom. The van der Waals surface area contributed by atoms with Crippen molar-refractivity contribution in [2.75, 3.05) is 32.2 Å². The number of nitrogens with one attached hydrogen (secondary N) is 1. The fourth-order valence-corrected chi connectivity index (χ4v) is 4.14. The Balaban J connectivity index is 1.69. The average molecular weight is 444 g/mol. The van der Waals surface area contributed by atoms with Crippen LogP contribution in [0, 0.1) is 0 Å². The minimum atomic E-state index is -0.506. The quantitative estimate of drug-likeness (QED) is 0.635. The monoisotopic (exact) mass is 443 g/mol. The molecule has 9 nitrogen and oxygen atoms in total. The van der Waals surface area contributed by atoms with Gasteiger partial charge in [0.2, 0.25) is 5.95 Å². The number of ether oxygens (including phenoxy) is 4. The highest BCUT2D eigenvalue weighted by Gasteiger charge is 2.28. The zero-order chi connectivity index (χ0) is 21.5. The number of fused-ring (bicyclic) bond motifs is 4. The Hall–Kier alpha value is -3.33. The van der Waals surface area contributed by atoms with Gasteiger partial charge in [0.25, 0.3) is 0 Å². The molecule has 0 saturated carbocycles. The number of rotatable bonds is 4. The molecule has 0 saturated heterocycles. The van der Waals surface area contributed by atoms with E-state index >= 15 is 0 Å². The summed E-state index contributed by atoms with van der Waals surface area (Å²) in [6, 6.07) is 7.46. The Morgan fingerprint density at radius 3 is 2.74 bits per heavy atom. The van der Waals surface area contributed by atoms with E-state index in [2.05, 4.69) is 10.3 Å². The maximum absolute atomic E-state index is 6.50. The summed E-state index contributed by atoms with van der Waals surface area (Å²) in [5.41, 5.74) is 8.44. The molecule has 0 radical (unpaired) electrons. The highest BCUT2D eigenvalue weighted by molar-refractivity contribution is 6.32. The van der Waals surface area contributed by atoms with E-state index in [9.17, 15) is 0 Å². The Kier molecular flexibility index (Phi) is 4.90. The maximum Gasteiger partial charge on any atom is 0.212 e. The van der Waals surface area contributed by atoms with Crippen molar-refractivity contribution < 1.29 is 18.9 Å². The first kappa shape index (κ1) is 19.6. The van der Waals surface area contributed by atoms with Crippen molar-refractivity contribution in [3.8, 4) is 23.0 Å². The van der Waals surface area contributed by atoms with Crippen LogP contribution in [0.2, 0.25) is 5.02 Å². The predicted molar refractivity (Wildman–Crippen MR) is 118 cm³/mol. The molecule has 2 aliphatic rings.